The highest BCUT2D eigenvalue weighted by Gasteiger charge is 2.30. The van der Waals surface area contributed by atoms with E-state index >= 15 is 0 Å². The minimum absolute atomic E-state index is 0.0830. The molecule has 1 heterocycles. The third kappa shape index (κ3) is 4.38. The van der Waals surface area contributed by atoms with Crippen LogP contribution in [0, 0.1) is 0 Å². The van der Waals surface area contributed by atoms with Crippen molar-refractivity contribution in [2.24, 2.45) is 0 Å². The van der Waals surface area contributed by atoms with Crippen LogP contribution in [0.2, 0.25) is 0 Å². The summed E-state index contributed by atoms with van der Waals surface area (Å²) in [6.45, 7) is 1.04. The van der Waals surface area contributed by atoms with Crippen LogP contribution in [0.3, 0.4) is 0 Å². The Bertz CT molecular complexity index is 1320. The SMILES string of the molecule is COc1ccc(NS(=O)(=O)c2ccc3ccccc3c2)cc1S(=O)(=O)N1CCOCC1. The number of morpholine rings is 1. The van der Waals surface area contributed by atoms with Crippen LogP contribution in [0.15, 0.2) is 70.5 Å². The molecule has 8 nitrogen and oxygen atoms in total. The van der Waals surface area contributed by atoms with Crippen LogP contribution < -0.4 is 9.46 Å². The van der Waals surface area contributed by atoms with Gasteiger partial charge in [0, 0.05) is 13.1 Å². The maximum absolute atomic E-state index is 13.1. The van der Waals surface area contributed by atoms with Crippen LogP contribution in [-0.4, -0.2) is 54.6 Å². The first kappa shape index (κ1) is 21.6. The molecule has 0 radical (unpaired) electrons. The molecule has 0 bridgehead atoms. The average Bonchev–Trinajstić information content (AvgIpc) is 2.79. The number of anilines is 1. The number of benzene rings is 3. The Kier molecular flexibility index (Phi) is 5.89. The fraction of sp³-hybridized carbons (Fsp3) is 0.238. The highest BCUT2D eigenvalue weighted by molar-refractivity contribution is 7.92. The molecule has 3 aromatic rings. The van der Waals surface area contributed by atoms with Gasteiger partial charge in [-0.1, -0.05) is 30.3 Å². The van der Waals surface area contributed by atoms with Crippen molar-refractivity contribution >= 4 is 36.5 Å². The van der Waals surface area contributed by atoms with Gasteiger partial charge in [-0.3, -0.25) is 4.72 Å². The lowest BCUT2D eigenvalue weighted by Crippen LogP contribution is -2.40. The topological polar surface area (TPSA) is 102 Å². The van der Waals surface area contributed by atoms with Crippen LogP contribution in [0.1, 0.15) is 0 Å². The molecule has 0 unspecified atom stereocenters. The Balaban J connectivity index is 1.68. The van der Waals surface area contributed by atoms with Gasteiger partial charge in [0.15, 0.2) is 0 Å². The average molecular weight is 463 g/mol. The molecule has 0 aromatic heterocycles. The van der Waals surface area contributed by atoms with Crippen LogP contribution in [0.4, 0.5) is 5.69 Å². The molecule has 1 saturated heterocycles. The van der Waals surface area contributed by atoms with Gasteiger partial charge in [0.2, 0.25) is 10.0 Å². The molecule has 31 heavy (non-hydrogen) atoms. The van der Waals surface area contributed by atoms with Crippen molar-refractivity contribution in [2.45, 2.75) is 9.79 Å². The van der Waals surface area contributed by atoms with Crippen molar-refractivity contribution in [1.29, 1.82) is 0 Å². The van der Waals surface area contributed by atoms with Gasteiger partial charge in [-0.25, -0.2) is 16.8 Å². The monoisotopic (exact) mass is 462 g/mol. The van der Waals surface area contributed by atoms with E-state index in [-0.39, 0.29) is 34.3 Å². The number of nitrogens with one attached hydrogen (secondary N) is 1. The number of ether oxygens (including phenoxy) is 2. The van der Waals surface area contributed by atoms with E-state index in [4.69, 9.17) is 9.47 Å². The number of sulfonamides is 2. The first-order valence-electron chi connectivity index (χ1n) is 9.59. The number of methoxy groups -OCH3 is 1. The van der Waals surface area contributed by atoms with Gasteiger partial charge in [-0.15, -0.1) is 0 Å². The standard InChI is InChI=1S/C21H22N2O6S2/c1-28-20-9-7-18(15-21(20)31(26,27)23-10-12-29-13-11-23)22-30(24,25)19-8-6-16-4-2-3-5-17(16)14-19/h2-9,14-15,22H,10-13H2,1H3. The molecular weight excluding hydrogens is 440 g/mol. The molecule has 0 aliphatic carbocycles. The van der Waals surface area contributed by atoms with Crippen molar-refractivity contribution < 1.29 is 26.3 Å². The van der Waals surface area contributed by atoms with Crippen molar-refractivity contribution in [3.8, 4) is 5.75 Å². The molecule has 1 aliphatic heterocycles. The zero-order valence-electron chi connectivity index (χ0n) is 16.8. The van der Waals surface area contributed by atoms with E-state index in [1.807, 2.05) is 24.3 Å². The van der Waals surface area contributed by atoms with Gasteiger partial charge in [-0.05, 0) is 41.1 Å². The molecular formula is C21H22N2O6S2. The van der Waals surface area contributed by atoms with Crippen molar-refractivity contribution in [2.75, 3.05) is 38.1 Å². The first-order chi connectivity index (χ1) is 14.8. The van der Waals surface area contributed by atoms with Gasteiger partial charge >= 0.3 is 0 Å². The molecule has 4 rings (SSSR count). The summed E-state index contributed by atoms with van der Waals surface area (Å²) in [6, 6.07) is 16.4. The van der Waals surface area contributed by atoms with E-state index in [1.54, 1.807) is 12.1 Å². The molecule has 1 aliphatic rings. The summed E-state index contributed by atoms with van der Waals surface area (Å²) >= 11 is 0. The van der Waals surface area contributed by atoms with Crippen molar-refractivity contribution in [3.63, 3.8) is 0 Å². The highest BCUT2D eigenvalue weighted by Crippen LogP contribution is 2.31. The lowest BCUT2D eigenvalue weighted by atomic mass is 10.1. The second kappa shape index (κ2) is 8.46. The smallest absolute Gasteiger partial charge is 0.261 e. The predicted molar refractivity (Wildman–Crippen MR) is 117 cm³/mol. The summed E-state index contributed by atoms with van der Waals surface area (Å²) < 4.78 is 66.3. The Morgan fingerprint density at radius 3 is 2.32 bits per heavy atom. The van der Waals surface area contributed by atoms with Gasteiger partial charge in [-0.2, -0.15) is 4.31 Å². The molecule has 0 saturated carbocycles. The Morgan fingerprint density at radius 2 is 1.61 bits per heavy atom. The Hall–Kier alpha value is -2.66. The second-order valence-electron chi connectivity index (χ2n) is 7.00. The third-order valence-electron chi connectivity index (χ3n) is 5.03. The van der Waals surface area contributed by atoms with Gasteiger partial charge in [0.05, 0.1) is 30.9 Å². The van der Waals surface area contributed by atoms with E-state index in [2.05, 4.69) is 4.72 Å². The summed E-state index contributed by atoms with van der Waals surface area (Å²) in [6.07, 6.45) is 0. The van der Waals surface area contributed by atoms with Crippen LogP contribution in [0.25, 0.3) is 10.8 Å². The summed E-state index contributed by atoms with van der Waals surface area (Å²) in [5.74, 6) is 0.139. The van der Waals surface area contributed by atoms with Crippen LogP contribution in [-0.2, 0) is 24.8 Å². The van der Waals surface area contributed by atoms with E-state index in [0.29, 0.717) is 13.2 Å². The first-order valence-corrected chi connectivity index (χ1v) is 12.5. The summed E-state index contributed by atoms with van der Waals surface area (Å²) in [4.78, 5) is -0.0183. The molecule has 1 N–H and O–H groups in total. The summed E-state index contributed by atoms with van der Waals surface area (Å²) in [7, 11) is -6.45. The van der Waals surface area contributed by atoms with Crippen molar-refractivity contribution in [3.05, 3.63) is 60.7 Å². The largest absolute Gasteiger partial charge is 0.495 e. The fourth-order valence-corrected chi connectivity index (χ4v) is 6.09. The molecule has 0 amide bonds. The maximum atomic E-state index is 13.1. The number of hydrogen-bond acceptors (Lipinski definition) is 6. The molecule has 0 atom stereocenters. The molecule has 0 spiro atoms. The van der Waals surface area contributed by atoms with Crippen LogP contribution in [0.5, 0.6) is 5.75 Å². The zero-order valence-corrected chi connectivity index (χ0v) is 18.4. The minimum atomic E-state index is -3.93. The number of nitrogens with zero attached hydrogens (tertiary/aromatic N) is 1. The maximum Gasteiger partial charge on any atom is 0.261 e. The number of fused-ring (bicyclic) bond motifs is 1. The van der Waals surface area contributed by atoms with Gasteiger partial charge in [0.25, 0.3) is 10.0 Å². The normalized spacial score (nSPS) is 15.6. The lowest BCUT2D eigenvalue weighted by Gasteiger charge is -2.26. The van der Waals surface area contributed by atoms with Gasteiger partial charge in [0.1, 0.15) is 10.6 Å². The van der Waals surface area contributed by atoms with E-state index in [0.717, 1.165) is 10.8 Å². The Labute approximate surface area is 181 Å². The van der Waals surface area contributed by atoms with E-state index in [9.17, 15) is 16.8 Å². The van der Waals surface area contributed by atoms with Gasteiger partial charge < -0.3 is 9.47 Å². The van der Waals surface area contributed by atoms with Crippen LogP contribution >= 0.6 is 0 Å². The highest BCUT2D eigenvalue weighted by atomic mass is 32.2. The zero-order chi connectivity index (χ0) is 22.1. The van der Waals surface area contributed by atoms with E-state index < -0.39 is 20.0 Å². The molecule has 3 aromatic carbocycles. The summed E-state index contributed by atoms with van der Waals surface area (Å²) in [5, 5.41) is 1.71. The fourth-order valence-electron chi connectivity index (χ4n) is 3.42. The minimum Gasteiger partial charge on any atom is -0.495 e. The Morgan fingerprint density at radius 1 is 0.903 bits per heavy atom. The lowest BCUT2D eigenvalue weighted by molar-refractivity contribution is 0.0729. The molecule has 10 heteroatoms. The third-order valence-corrected chi connectivity index (χ3v) is 8.33. The van der Waals surface area contributed by atoms with Crippen molar-refractivity contribution in [1.82, 2.24) is 4.31 Å². The van der Waals surface area contributed by atoms with E-state index in [1.165, 1.54) is 35.7 Å². The number of rotatable bonds is 6. The molecule has 1 fully saturated rings. The quantitative estimate of drug-likeness (QED) is 0.604. The predicted octanol–water partition coefficient (Wildman–Crippen LogP) is 2.67. The second-order valence-corrected chi connectivity index (χ2v) is 10.6. The number of hydrogen-bond donors (Lipinski definition) is 1. The molecule has 164 valence electrons. The summed E-state index contributed by atoms with van der Waals surface area (Å²) in [5.41, 5.74) is 0.126.